The van der Waals surface area contributed by atoms with Crippen molar-refractivity contribution >= 4 is 18.4 Å². The largest absolute Gasteiger partial charge is 0.504 e. The maximum atomic E-state index is 14.0. The molecule has 1 aromatic heterocycles. The Kier molecular flexibility index (Phi) is 4.39. The van der Waals surface area contributed by atoms with Crippen LogP contribution >= 0.6 is 12.2 Å². The fraction of sp³-hybridized carbons (Fsp3) is 0.0625. The van der Waals surface area contributed by atoms with Crippen LogP contribution in [0.4, 0.5) is 4.39 Å². The number of aromatic hydroxyl groups is 1. The molecule has 1 heterocycles. The van der Waals surface area contributed by atoms with Gasteiger partial charge in [0, 0.05) is 5.56 Å². The van der Waals surface area contributed by atoms with E-state index in [1.807, 2.05) is 0 Å². The average molecular weight is 344 g/mol. The summed E-state index contributed by atoms with van der Waals surface area (Å²) in [5.74, 6) is 0.0687. The lowest BCUT2D eigenvalue weighted by Gasteiger charge is -2.05. The van der Waals surface area contributed by atoms with E-state index in [-0.39, 0.29) is 21.9 Å². The first kappa shape index (κ1) is 15.9. The molecule has 24 heavy (non-hydrogen) atoms. The number of para-hydroxylation sites is 1. The van der Waals surface area contributed by atoms with E-state index in [0.29, 0.717) is 11.3 Å². The fourth-order valence-corrected chi connectivity index (χ4v) is 2.32. The Balaban J connectivity index is 2.05. The summed E-state index contributed by atoms with van der Waals surface area (Å²) in [6.07, 6.45) is 1.40. The van der Waals surface area contributed by atoms with Crippen LogP contribution in [0.2, 0.25) is 0 Å². The van der Waals surface area contributed by atoms with Crippen molar-refractivity contribution in [3.8, 4) is 22.9 Å². The number of H-pyrrole nitrogens is 1. The minimum atomic E-state index is -0.438. The van der Waals surface area contributed by atoms with Crippen molar-refractivity contribution in [1.82, 2.24) is 14.9 Å². The van der Waals surface area contributed by atoms with E-state index in [0.717, 1.165) is 0 Å². The van der Waals surface area contributed by atoms with Crippen molar-refractivity contribution in [1.29, 1.82) is 0 Å². The zero-order valence-corrected chi connectivity index (χ0v) is 13.4. The van der Waals surface area contributed by atoms with Crippen molar-refractivity contribution in [2.75, 3.05) is 7.11 Å². The van der Waals surface area contributed by atoms with E-state index in [2.05, 4.69) is 15.3 Å². The van der Waals surface area contributed by atoms with Gasteiger partial charge in [0.05, 0.1) is 18.9 Å². The van der Waals surface area contributed by atoms with Crippen LogP contribution in [-0.2, 0) is 0 Å². The molecule has 2 N–H and O–H groups in total. The van der Waals surface area contributed by atoms with Crippen molar-refractivity contribution in [3.05, 3.63) is 58.6 Å². The van der Waals surface area contributed by atoms with Gasteiger partial charge in [0.15, 0.2) is 17.3 Å². The minimum absolute atomic E-state index is 0.0498. The van der Waals surface area contributed by atoms with Gasteiger partial charge in [-0.25, -0.2) is 9.49 Å². The summed E-state index contributed by atoms with van der Waals surface area (Å²) in [6, 6.07) is 11.2. The molecule has 0 unspecified atom stereocenters. The number of nitrogens with one attached hydrogen (secondary N) is 1. The highest BCUT2D eigenvalue weighted by molar-refractivity contribution is 7.71. The van der Waals surface area contributed by atoms with Gasteiger partial charge in [-0.2, -0.15) is 14.9 Å². The quantitative estimate of drug-likeness (QED) is 0.562. The number of aromatic nitrogens is 3. The van der Waals surface area contributed by atoms with Gasteiger partial charge in [-0.3, -0.25) is 0 Å². The van der Waals surface area contributed by atoms with Gasteiger partial charge in [0.2, 0.25) is 4.77 Å². The number of benzene rings is 2. The normalized spacial score (nSPS) is 11.1. The lowest BCUT2D eigenvalue weighted by atomic mass is 10.2. The van der Waals surface area contributed by atoms with Crippen molar-refractivity contribution in [2.45, 2.75) is 0 Å². The van der Waals surface area contributed by atoms with Gasteiger partial charge in [0.1, 0.15) is 5.82 Å². The van der Waals surface area contributed by atoms with E-state index in [4.69, 9.17) is 17.0 Å². The van der Waals surface area contributed by atoms with Gasteiger partial charge >= 0.3 is 0 Å². The topological polar surface area (TPSA) is 75.4 Å². The molecule has 3 rings (SSSR count). The molecule has 3 aromatic rings. The van der Waals surface area contributed by atoms with Crippen molar-refractivity contribution in [2.24, 2.45) is 5.10 Å². The Morgan fingerprint density at radius 3 is 2.83 bits per heavy atom. The standard InChI is InChI=1S/C16H13FN4O2S/c1-23-13-8-4-5-10(14(13)22)9-18-21-15(19-20-16(21)24)11-6-2-3-7-12(11)17/h2-9,22H,1H3,(H,20,24)/b18-9-. The summed E-state index contributed by atoms with van der Waals surface area (Å²) in [4.78, 5) is 0. The number of nitrogens with zero attached hydrogens (tertiary/aromatic N) is 3. The summed E-state index contributed by atoms with van der Waals surface area (Å²) >= 11 is 5.13. The Bertz CT molecular complexity index is 965. The van der Waals surface area contributed by atoms with E-state index in [9.17, 15) is 9.50 Å². The molecule has 0 fully saturated rings. The molecule has 122 valence electrons. The first-order valence-corrected chi connectivity index (χ1v) is 7.35. The molecule has 0 aliphatic rings. The summed E-state index contributed by atoms with van der Waals surface area (Å²) in [5.41, 5.74) is 0.689. The number of rotatable bonds is 4. The molecule has 0 radical (unpaired) electrons. The van der Waals surface area contributed by atoms with E-state index in [1.165, 1.54) is 24.1 Å². The average Bonchev–Trinajstić information content (AvgIpc) is 2.95. The molecule has 0 saturated heterocycles. The highest BCUT2D eigenvalue weighted by atomic mass is 32.1. The molecule has 0 spiro atoms. The Morgan fingerprint density at radius 2 is 2.08 bits per heavy atom. The third-order valence-electron chi connectivity index (χ3n) is 3.33. The van der Waals surface area contributed by atoms with Crippen LogP contribution in [0.1, 0.15) is 5.56 Å². The monoisotopic (exact) mass is 344 g/mol. The number of phenolic OH excluding ortho intramolecular Hbond substituents is 1. The van der Waals surface area contributed by atoms with Gasteiger partial charge in [-0.05, 0) is 36.5 Å². The van der Waals surface area contributed by atoms with Gasteiger partial charge in [-0.1, -0.05) is 18.2 Å². The van der Waals surface area contributed by atoms with Crippen LogP contribution in [-0.4, -0.2) is 33.3 Å². The first-order valence-electron chi connectivity index (χ1n) is 6.94. The summed E-state index contributed by atoms with van der Waals surface area (Å²) in [6.45, 7) is 0. The molecule has 8 heteroatoms. The maximum Gasteiger partial charge on any atom is 0.216 e. The molecule has 0 saturated carbocycles. The summed E-state index contributed by atoms with van der Waals surface area (Å²) < 4.78 is 20.5. The minimum Gasteiger partial charge on any atom is -0.504 e. The lowest BCUT2D eigenvalue weighted by molar-refractivity contribution is 0.373. The second-order valence-corrected chi connectivity index (χ2v) is 5.17. The number of halogens is 1. The number of ether oxygens (including phenoxy) is 1. The molecule has 0 atom stereocenters. The molecular formula is C16H13FN4O2S. The Morgan fingerprint density at radius 1 is 1.29 bits per heavy atom. The lowest BCUT2D eigenvalue weighted by Crippen LogP contribution is -1.97. The van der Waals surface area contributed by atoms with Crippen LogP contribution < -0.4 is 4.74 Å². The fourth-order valence-electron chi connectivity index (χ4n) is 2.14. The molecular weight excluding hydrogens is 331 g/mol. The SMILES string of the molecule is COc1cccc(/C=N\n2c(-c3ccccc3F)n[nH]c2=S)c1O. The molecule has 2 aromatic carbocycles. The van der Waals surface area contributed by atoms with Gasteiger partial charge < -0.3 is 9.84 Å². The van der Waals surface area contributed by atoms with E-state index >= 15 is 0 Å². The molecule has 0 aliphatic heterocycles. The Labute approximate surface area is 141 Å². The number of hydrogen-bond donors (Lipinski definition) is 2. The van der Waals surface area contributed by atoms with Crippen LogP contribution in [0.5, 0.6) is 11.5 Å². The molecule has 6 nitrogen and oxygen atoms in total. The first-order chi connectivity index (χ1) is 11.6. The predicted molar refractivity (Wildman–Crippen MR) is 90.5 cm³/mol. The second kappa shape index (κ2) is 6.63. The smallest absolute Gasteiger partial charge is 0.216 e. The third kappa shape index (κ3) is 2.91. The van der Waals surface area contributed by atoms with Gasteiger partial charge in [-0.15, -0.1) is 0 Å². The maximum absolute atomic E-state index is 14.0. The summed E-state index contributed by atoms with van der Waals surface area (Å²) in [7, 11) is 1.46. The number of hydrogen-bond acceptors (Lipinski definition) is 5. The van der Waals surface area contributed by atoms with Crippen molar-refractivity contribution in [3.63, 3.8) is 0 Å². The van der Waals surface area contributed by atoms with Crippen LogP contribution in [0.15, 0.2) is 47.6 Å². The second-order valence-electron chi connectivity index (χ2n) is 4.79. The highest BCUT2D eigenvalue weighted by Gasteiger charge is 2.12. The van der Waals surface area contributed by atoms with Crippen LogP contribution in [0.25, 0.3) is 11.4 Å². The zero-order chi connectivity index (χ0) is 17.1. The van der Waals surface area contributed by atoms with Crippen LogP contribution in [0, 0.1) is 10.6 Å². The number of methoxy groups -OCH3 is 1. The highest BCUT2D eigenvalue weighted by Crippen LogP contribution is 2.28. The molecule has 0 amide bonds. The number of phenols is 1. The predicted octanol–water partition coefficient (Wildman–Crippen LogP) is 3.34. The molecule has 0 bridgehead atoms. The third-order valence-corrected chi connectivity index (χ3v) is 3.59. The Hall–Kier alpha value is -3.00. The van der Waals surface area contributed by atoms with Crippen molar-refractivity contribution < 1.29 is 14.2 Å². The summed E-state index contributed by atoms with van der Waals surface area (Å²) in [5, 5.41) is 20.9. The van der Waals surface area contributed by atoms with Gasteiger partial charge in [0.25, 0.3) is 0 Å². The zero-order valence-electron chi connectivity index (χ0n) is 12.6. The van der Waals surface area contributed by atoms with E-state index in [1.54, 1.807) is 36.4 Å². The van der Waals surface area contributed by atoms with E-state index < -0.39 is 5.82 Å². The van der Waals surface area contributed by atoms with Crippen LogP contribution in [0.3, 0.4) is 0 Å². The molecule has 0 aliphatic carbocycles. The number of aromatic amines is 1.